The Bertz CT molecular complexity index is 912. The maximum Gasteiger partial charge on any atom is 0.262 e. The van der Waals surface area contributed by atoms with Crippen LogP contribution in [-0.2, 0) is 19.4 Å². The summed E-state index contributed by atoms with van der Waals surface area (Å²) in [7, 11) is -3.73. The zero-order chi connectivity index (χ0) is 21.3. The van der Waals surface area contributed by atoms with Crippen LogP contribution in [-0.4, -0.2) is 38.1 Å². The van der Waals surface area contributed by atoms with Gasteiger partial charge < -0.3 is 15.4 Å². The van der Waals surface area contributed by atoms with Crippen LogP contribution in [0.5, 0.6) is 5.75 Å². The summed E-state index contributed by atoms with van der Waals surface area (Å²) in [6, 6.07) is 3.14. The van der Waals surface area contributed by atoms with E-state index < -0.39 is 15.1 Å². The van der Waals surface area contributed by atoms with Gasteiger partial charge in [0.05, 0.1) is 15.8 Å². The van der Waals surface area contributed by atoms with Crippen molar-refractivity contribution < 1.29 is 22.7 Å². The molecular formula is C21H30N2O5S. The van der Waals surface area contributed by atoms with E-state index in [0.29, 0.717) is 28.8 Å². The van der Waals surface area contributed by atoms with E-state index in [1.165, 1.54) is 12.5 Å². The molecule has 8 heteroatoms. The molecular weight excluding hydrogens is 392 g/mol. The minimum Gasteiger partial charge on any atom is -0.482 e. The van der Waals surface area contributed by atoms with Crippen molar-refractivity contribution in [1.29, 1.82) is 0 Å². The molecule has 2 aliphatic rings. The number of benzene rings is 1. The van der Waals surface area contributed by atoms with Gasteiger partial charge in [-0.3, -0.25) is 9.59 Å². The zero-order valence-corrected chi connectivity index (χ0v) is 18.3. The number of carbonyl (C=O) groups is 2. The second kappa shape index (κ2) is 8.34. The first-order valence-corrected chi connectivity index (χ1v) is 11.7. The van der Waals surface area contributed by atoms with Crippen LogP contribution in [0.2, 0.25) is 0 Å². The Morgan fingerprint density at radius 2 is 2.03 bits per heavy atom. The molecule has 0 radical (unpaired) electrons. The number of aryl methyl sites for hydroxylation is 1. The molecule has 0 spiro atoms. The van der Waals surface area contributed by atoms with E-state index >= 15 is 0 Å². The van der Waals surface area contributed by atoms with Crippen molar-refractivity contribution in [3.63, 3.8) is 0 Å². The second-order valence-electron chi connectivity index (χ2n) is 8.45. The molecule has 2 N–H and O–H groups in total. The predicted octanol–water partition coefficient (Wildman–Crippen LogP) is 2.82. The number of carbonyl (C=O) groups excluding carboxylic acids is 2. The minimum atomic E-state index is -3.73. The Labute approximate surface area is 172 Å². The quantitative estimate of drug-likeness (QED) is 0.760. The van der Waals surface area contributed by atoms with Crippen LogP contribution >= 0.6 is 0 Å². The molecule has 0 aromatic heterocycles. The third-order valence-corrected chi connectivity index (χ3v) is 8.55. The lowest BCUT2D eigenvalue weighted by atomic mass is 9.78. The van der Waals surface area contributed by atoms with Crippen molar-refractivity contribution in [3.05, 3.63) is 17.7 Å². The monoisotopic (exact) mass is 422 g/mol. The van der Waals surface area contributed by atoms with Gasteiger partial charge in [0.15, 0.2) is 16.4 Å². The lowest BCUT2D eigenvalue weighted by Gasteiger charge is -2.34. The van der Waals surface area contributed by atoms with E-state index in [9.17, 15) is 18.0 Å². The smallest absolute Gasteiger partial charge is 0.262 e. The highest BCUT2D eigenvalue weighted by atomic mass is 32.2. The number of hydrogen-bond donors (Lipinski definition) is 2. The molecule has 4 atom stereocenters. The van der Waals surface area contributed by atoms with Gasteiger partial charge in [0.25, 0.3) is 5.91 Å². The standard InChI is InChI=1S/C21H30N2O5S/c1-12-6-5-7-16(15(12)4)22-20(24)9-14(3)29(26,27)19-10-18-17(8-13(19)2)23-21(25)11-28-18/h8,10,12,14-16H,5-7,9,11H2,1-4H3,(H,22,24)(H,23,25). The lowest BCUT2D eigenvalue weighted by molar-refractivity contribution is -0.122. The number of nitrogens with one attached hydrogen (secondary N) is 2. The van der Waals surface area contributed by atoms with Crippen LogP contribution < -0.4 is 15.4 Å². The van der Waals surface area contributed by atoms with E-state index in [1.807, 2.05) is 0 Å². The molecule has 0 saturated heterocycles. The first-order valence-electron chi connectivity index (χ1n) is 10.2. The fraction of sp³-hybridized carbons (Fsp3) is 0.619. The van der Waals surface area contributed by atoms with Gasteiger partial charge in [-0.15, -0.1) is 0 Å². The van der Waals surface area contributed by atoms with Crippen LogP contribution in [0, 0.1) is 18.8 Å². The van der Waals surface area contributed by atoms with Crippen molar-refractivity contribution in [2.75, 3.05) is 11.9 Å². The molecule has 1 aliphatic heterocycles. The van der Waals surface area contributed by atoms with Crippen LogP contribution in [0.25, 0.3) is 0 Å². The average Bonchev–Trinajstić information content (AvgIpc) is 2.64. The predicted molar refractivity (Wildman–Crippen MR) is 111 cm³/mol. The van der Waals surface area contributed by atoms with E-state index in [-0.39, 0.29) is 35.8 Å². The third-order valence-electron chi connectivity index (χ3n) is 6.27. The zero-order valence-electron chi connectivity index (χ0n) is 17.4. The van der Waals surface area contributed by atoms with Crippen LogP contribution in [0.3, 0.4) is 0 Å². The first kappa shape index (κ1) is 21.6. The fourth-order valence-electron chi connectivity index (χ4n) is 4.16. The molecule has 3 rings (SSSR count). The highest BCUT2D eigenvalue weighted by Gasteiger charge is 2.32. The van der Waals surface area contributed by atoms with E-state index in [0.717, 1.165) is 12.8 Å². The Kier molecular flexibility index (Phi) is 6.22. The molecule has 160 valence electrons. The lowest BCUT2D eigenvalue weighted by Crippen LogP contribution is -2.44. The third kappa shape index (κ3) is 4.57. The highest BCUT2D eigenvalue weighted by molar-refractivity contribution is 7.92. The fourth-order valence-corrected chi connectivity index (χ4v) is 5.74. The molecule has 29 heavy (non-hydrogen) atoms. The topological polar surface area (TPSA) is 102 Å². The second-order valence-corrected chi connectivity index (χ2v) is 10.8. The normalized spacial score (nSPS) is 25.4. The Morgan fingerprint density at radius 3 is 2.76 bits per heavy atom. The summed E-state index contributed by atoms with van der Waals surface area (Å²) in [5, 5.41) is 4.85. The van der Waals surface area contributed by atoms with Crippen LogP contribution in [0.15, 0.2) is 17.0 Å². The van der Waals surface area contributed by atoms with Gasteiger partial charge in [-0.05, 0) is 43.7 Å². The summed E-state index contributed by atoms with van der Waals surface area (Å²) in [4.78, 5) is 24.1. The molecule has 1 aromatic rings. The number of hydrogen-bond acceptors (Lipinski definition) is 5. The van der Waals surface area contributed by atoms with Gasteiger partial charge in [0.2, 0.25) is 5.91 Å². The molecule has 1 heterocycles. The summed E-state index contributed by atoms with van der Waals surface area (Å²) in [6.45, 7) is 7.42. The minimum absolute atomic E-state index is 0.0892. The van der Waals surface area contributed by atoms with Crippen LogP contribution in [0.1, 0.15) is 52.0 Å². The van der Waals surface area contributed by atoms with Crippen molar-refractivity contribution in [1.82, 2.24) is 5.32 Å². The van der Waals surface area contributed by atoms with E-state index in [4.69, 9.17) is 4.74 Å². The Morgan fingerprint density at radius 1 is 1.31 bits per heavy atom. The SMILES string of the molecule is Cc1cc2c(cc1S(=O)(=O)C(C)CC(=O)NC1CCCC(C)C1C)OCC(=O)N2. The summed E-state index contributed by atoms with van der Waals surface area (Å²) in [6.07, 6.45) is 3.09. The molecule has 2 amide bonds. The van der Waals surface area contributed by atoms with Gasteiger partial charge in [-0.1, -0.05) is 26.7 Å². The maximum atomic E-state index is 13.1. The Hall–Kier alpha value is -2.09. The number of fused-ring (bicyclic) bond motifs is 1. The summed E-state index contributed by atoms with van der Waals surface area (Å²) < 4.78 is 31.6. The highest BCUT2D eigenvalue weighted by Crippen LogP contribution is 2.35. The molecule has 1 aromatic carbocycles. The number of rotatable bonds is 5. The molecule has 1 fully saturated rings. The van der Waals surface area contributed by atoms with Crippen molar-refractivity contribution >= 4 is 27.3 Å². The van der Waals surface area contributed by atoms with Gasteiger partial charge in [-0.2, -0.15) is 0 Å². The number of amides is 2. The van der Waals surface area contributed by atoms with E-state index in [2.05, 4.69) is 24.5 Å². The molecule has 0 bridgehead atoms. The van der Waals surface area contributed by atoms with Gasteiger partial charge in [0, 0.05) is 18.5 Å². The van der Waals surface area contributed by atoms with Gasteiger partial charge >= 0.3 is 0 Å². The Balaban J connectivity index is 1.72. The molecule has 1 aliphatic carbocycles. The van der Waals surface area contributed by atoms with Crippen molar-refractivity contribution in [2.45, 2.75) is 69.6 Å². The summed E-state index contributed by atoms with van der Waals surface area (Å²) in [5.74, 6) is 0.758. The number of anilines is 1. The van der Waals surface area contributed by atoms with Crippen molar-refractivity contribution in [2.24, 2.45) is 11.8 Å². The van der Waals surface area contributed by atoms with E-state index in [1.54, 1.807) is 19.9 Å². The number of ether oxygens (including phenoxy) is 1. The average molecular weight is 423 g/mol. The summed E-state index contributed by atoms with van der Waals surface area (Å²) >= 11 is 0. The summed E-state index contributed by atoms with van der Waals surface area (Å²) in [5.41, 5.74) is 0.972. The molecule has 1 saturated carbocycles. The maximum absolute atomic E-state index is 13.1. The van der Waals surface area contributed by atoms with Gasteiger partial charge in [0.1, 0.15) is 5.75 Å². The van der Waals surface area contributed by atoms with Crippen LogP contribution in [0.4, 0.5) is 5.69 Å². The number of sulfone groups is 1. The first-order chi connectivity index (χ1) is 13.6. The molecule has 7 nitrogen and oxygen atoms in total. The van der Waals surface area contributed by atoms with Gasteiger partial charge in [-0.25, -0.2) is 8.42 Å². The largest absolute Gasteiger partial charge is 0.482 e. The van der Waals surface area contributed by atoms with Crippen molar-refractivity contribution in [3.8, 4) is 5.75 Å². The molecule has 4 unspecified atom stereocenters.